The maximum atomic E-state index is 12.6. The number of pyridine rings is 1. The van der Waals surface area contributed by atoms with E-state index in [1.54, 1.807) is 0 Å². The third kappa shape index (κ3) is 1.59. The van der Waals surface area contributed by atoms with Crippen LogP contribution in [0.2, 0.25) is 0 Å². The average Bonchev–Trinajstić information content (AvgIpc) is 2.99. The number of aliphatic carboxylic acids is 1. The van der Waals surface area contributed by atoms with E-state index in [9.17, 15) is 14.3 Å². The maximum absolute atomic E-state index is 12.6. The van der Waals surface area contributed by atoms with E-state index < -0.39 is 23.3 Å². The summed E-state index contributed by atoms with van der Waals surface area (Å²) in [5.74, 6) is -1.74. The van der Waals surface area contributed by atoms with Crippen molar-refractivity contribution in [1.29, 1.82) is 0 Å². The van der Waals surface area contributed by atoms with Gasteiger partial charge in [0.25, 0.3) is 0 Å². The molecule has 1 aromatic rings. The minimum absolute atomic E-state index is 0.443. The van der Waals surface area contributed by atoms with E-state index in [1.807, 2.05) is 0 Å². The molecule has 2 rings (SSSR count). The number of carboxylic acid groups (broad SMARTS) is 1. The summed E-state index contributed by atoms with van der Waals surface area (Å²) in [4.78, 5) is 14.5. The van der Waals surface area contributed by atoms with Crippen LogP contribution in [0.4, 0.5) is 4.39 Å². The van der Waals surface area contributed by atoms with Gasteiger partial charge in [0.2, 0.25) is 0 Å². The fraction of sp³-hybridized carbons (Fsp3) is 0.400. The van der Waals surface area contributed by atoms with Crippen LogP contribution < -0.4 is 0 Å². The van der Waals surface area contributed by atoms with Crippen LogP contribution in [0.1, 0.15) is 18.5 Å². The predicted molar refractivity (Wildman–Crippen MR) is 48.7 cm³/mol. The van der Waals surface area contributed by atoms with Crippen LogP contribution in [0.3, 0.4) is 0 Å². The van der Waals surface area contributed by atoms with E-state index >= 15 is 0 Å². The normalized spacial score (nSPS) is 19.6. The van der Waals surface area contributed by atoms with Crippen LogP contribution in [-0.2, 0) is 10.2 Å². The van der Waals surface area contributed by atoms with Gasteiger partial charge >= 0.3 is 5.97 Å². The SMILES string of the molecule is O=C(O)C(O)C1(c2ccc(F)cn2)CC1. The highest BCUT2D eigenvalue weighted by Crippen LogP contribution is 2.50. The van der Waals surface area contributed by atoms with Crippen molar-refractivity contribution in [3.8, 4) is 0 Å². The van der Waals surface area contributed by atoms with E-state index in [2.05, 4.69) is 4.98 Å². The third-order valence-electron chi connectivity index (χ3n) is 2.78. The molecule has 1 atom stereocenters. The van der Waals surface area contributed by atoms with Gasteiger partial charge in [-0.15, -0.1) is 0 Å². The van der Waals surface area contributed by atoms with Gasteiger partial charge in [0.05, 0.1) is 6.20 Å². The number of aromatic nitrogens is 1. The first-order valence-corrected chi connectivity index (χ1v) is 4.59. The lowest BCUT2D eigenvalue weighted by atomic mass is 9.94. The second-order valence-electron chi connectivity index (χ2n) is 3.76. The number of aliphatic hydroxyl groups excluding tert-OH is 1. The van der Waals surface area contributed by atoms with Crippen LogP contribution in [0.25, 0.3) is 0 Å². The molecular weight excluding hydrogens is 201 g/mol. The Bertz CT molecular complexity index is 386. The summed E-state index contributed by atoms with van der Waals surface area (Å²) >= 11 is 0. The lowest BCUT2D eigenvalue weighted by Crippen LogP contribution is -2.34. The van der Waals surface area contributed by atoms with E-state index in [0.717, 1.165) is 6.20 Å². The summed E-state index contributed by atoms with van der Waals surface area (Å²) in [5, 5.41) is 18.2. The first kappa shape index (κ1) is 10.0. The largest absolute Gasteiger partial charge is 0.479 e. The first-order valence-electron chi connectivity index (χ1n) is 4.59. The molecule has 0 aliphatic heterocycles. The molecule has 1 aliphatic carbocycles. The summed E-state index contributed by atoms with van der Waals surface area (Å²) in [7, 11) is 0. The van der Waals surface area contributed by atoms with Crippen LogP contribution in [0.5, 0.6) is 0 Å². The molecule has 1 fully saturated rings. The van der Waals surface area contributed by atoms with E-state index in [-0.39, 0.29) is 0 Å². The Labute approximate surface area is 85.4 Å². The molecule has 2 N–H and O–H groups in total. The summed E-state index contributed by atoms with van der Waals surface area (Å²) in [6.45, 7) is 0. The molecule has 1 saturated carbocycles. The van der Waals surface area contributed by atoms with Gasteiger partial charge in [-0.25, -0.2) is 9.18 Å². The standard InChI is InChI=1S/C10H10FNO3/c11-6-1-2-7(12-5-6)10(3-4-10)8(13)9(14)15/h1-2,5,8,13H,3-4H2,(H,14,15). The minimum atomic E-state index is -1.46. The number of nitrogens with zero attached hydrogens (tertiary/aromatic N) is 1. The van der Waals surface area contributed by atoms with Gasteiger partial charge in [-0.1, -0.05) is 0 Å². The second kappa shape index (κ2) is 3.27. The summed E-state index contributed by atoms with van der Waals surface area (Å²) in [6.07, 6.45) is 0.706. The topological polar surface area (TPSA) is 70.4 Å². The van der Waals surface area contributed by atoms with Crippen molar-refractivity contribution in [1.82, 2.24) is 4.98 Å². The molecule has 0 radical (unpaired) electrons. The number of hydrogen-bond acceptors (Lipinski definition) is 3. The molecule has 1 heterocycles. The van der Waals surface area contributed by atoms with Crippen LogP contribution >= 0.6 is 0 Å². The molecule has 1 aromatic heterocycles. The number of aliphatic hydroxyl groups is 1. The molecule has 0 saturated heterocycles. The number of rotatable bonds is 3. The summed E-state index contributed by atoms with van der Waals surface area (Å²) in [5.41, 5.74) is -0.363. The summed E-state index contributed by atoms with van der Waals surface area (Å²) < 4.78 is 12.6. The lowest BCUT2D eigenvalue weighted by molar-refractivity contribution is -0.148. The van der Waals surface area contributed by atoms with Crippen molar-refractivity contribution in [2.45, 2.75) is 24.4 Å². The van der Waals surface area contributed by atoms with Gasteiger partial charge in [-0.2, -0.15) is 0 Å². The van der Waals surface area contributed by atoms with Gasteiger partial charge in [0.15, 0.2) is 6.10 Å². The highest BCUT2D eigenvalue weighted by Gasteiger charge is 2.54. The van der Waals surface area contributed by atoms with Gasteiger partial charge in [0, 0.05) is 11.1 Å². The molecule has 0 amide bonds. The zero-order valence-corrected chi connectivity index (χ0v) is 7.85. The van der Waals surface area contributed by atoms with Crippen molar-refractivity contribution in [2.75, 3.05) is 0 Å². The highest BCUT2D eigenvalue weighted by atomic mass is 19.1. The number of halogens is 1. The lowest BCUT2D eigenvalue weighted by Gasteiger charge is -2.17. The van der Waals surface area contributed by atoms with Gasteiger partial charge in [-0.3, -0.25) is 4.98 Å². The molecule has 4 nitrogen and oxygen atoms in total. The summed E-state index contributed by atoms with van der Waals surface area (Å²) in [6, 6.07) is 2.64. The molecule has 80 valence electrons. The second-order valence-corrected chi connectivity index (χ2v) is 3.76. The van der Waals surface area contributed by atoms with E-state index in [1.165, 1.54) is 12.1 Å². The Kier molecular flexibility index (Phi) is 2.19. The van der Waals surface area contributed by atoms with Gasteiger partial charge in [-0.05, 0) is 25.0 Å². The van der Waals surface area contributed by atoms with E-state index in [4.69, 9.17) is 5.11 Å². The van der Waals surface area contributed by atoms with Crippen LogP contribution in [-0.4, -0.2) is 27.3 Å². The fourth-order valence-corrected chi connectivity index (χ4v) is 1.71. The number of hydrogen-bond donors (Lipinski definition) is 2. The highest BCUT2D eigenvalue weighted by molar-refractivity contribution is 5.75. The monoisotopic (exact) mass is 211 g/mol. The quantitative estimate of drug-likeness (QED) is 0.772. The Morgan fingerprint density at radius 1 is 1.53 bits per heavy atom. The van der Waals surface area contributed by atoms with Crippen molar-refractivity contribution < 1.29 is 19.4 Å². The molecule has 15 heavy (non-hydrogen) atoms. The van der Waals surface area contributed by atoms with Crippen LogP contribution in [0.15, 0.2) is 18.3 Å². The minimum Gasteiger partial charge on any atom is -0.479 e. The maximum Gasteiger partial charge on any atom is 0.333 e. The fourth-order valence-electron chi connectivity index (χ4n) is 1.71. The van der Waals surface area contributed by atoms with Gasteiger partial charge < -0.3 is 10.2 Å². The molecule has 1 aliphatic rings. The zero-order valence-electron chi connectivity index (χ0n) is 7.85. The molecule has 0 aromatic carbocycles. The Balaban J connectivity index is 2.30. The zero-order chi connectivity index (χ0) is 11.1. The molecular formula is C10H10FNO3. The smallest absolute Gasteiger partial charge is 0.333 e. The molecule has 0 spiro atoms. The Morgan fingerprint density at radius 3 is 2.60 bits per heavy atom. The van der Waals surface area contributed by atoms with Crippen molar-refractivity contribution >= 4 is 5.97 Å². The van der Waals surface area contributed by atoms with Crippen molar-refractivity contribution in [3.05, 3.63) is 29.8 Å². The molecule has 1 unspecified atom stereocenters. The van der Waals surface area contributed by atoms with Crippen molar-refractivity contribution in [3.63, 3.8) is 0 Å². The third-order valence-corrected chi connectivity index (χ3v) is 2.78. The number of carbonyl (C=O) groups is 1. The molecule has 0 bridgehead atoms. The van der Waals surface area contributed by atoms with Crippen LogP contribution in [0, 0.1) is 5.82 Å². The Hall–Kier alpha value is -1.49. The van der Waals surface area contributed by atoms with Gasteiger partial charge in [0.1, 0.15) is 5.82 Å². The molecule has 5 heteroatoms. The number of carboxylic acids is 1. The van der Waals surface area contributed by atoms with E-state index in [0.29, 0.717) is 18.5 Å². The first-order chi connectivity index (χ1) is 7.06. The van der Waals surface area contributed by atoms with Crippen molar-refractivity contribution in [2.24, 2.45) is 0 Å². The Morgan fingerprint density at radius 2 is 2.20 bits per heavy atom. The average molecular weight is 211 g/mol. The predicted octanol–water partition coefficient (Wildman–Crippen LogP) is 0.698.